The summed E-state index contributed by atoms with van der Waals surface area (Å²) in [5.74, 6) is -2.00. The van der Waals surface area contributed by atoms with Gasteiger partial charge in [0, 0.05) is 11.1 Å². The second-order valence-corrected chi connectivity index (χ2v) is 14.1. The summed E-state index contributed by atoms with van der Waals surface area (Å²) >= 11 is 20.1. The minimum atomic E-state index is -4.67. The lowest BCUT2D eigenvalue weighted by Crippen LogP contribution is -2.39. The number of hydrogen-bond donors (Lipinski definition) is 0. The summed E-state index contributed by atoms with van der Waals surface area (Å²) in [6.45, 7) is 0. The maximum Gasteiger partial charge on any atom is 0.272 e. The van der Waals surface area contributed by atoms with Crippen molar-refractivity contribution in [2.75, 3.05) is 8.61 Å². The number of benzene rings is 5. The summed E-state index contributed by atoms with van der Waals surface area (Å²) in [5.41, 5.74) is -1.01. The van der Waals surface area contributed by atoms with E-state index in [0.717, 1.165) is 6.07 Å². The number of rotatable bonds is 8. The molecule has 8 nitrogen and oxygen atoms in total. The van der Waals surface area contributed by atoms with Crippen LogP contribution in [-0.2, 0) is 20.0 Å². The Bertz CT molecular complexity index is 2100. The summed E-state index contributed by atoms with van der Waals surface area (Å²) in [5, 5.41) is -1.61. The summed E-state index contributed by atoms with van der Waals surface area (Å²) in [4.78, 5) is 27.2. The minimum Gasteiger partial charge on any atom is -0.268 e. The fourth-order valence-electron chi connectivity index (χ4n) is 4.38. The molecule has 45 heavy (non-hydrogen) atoms. The smallest absolute Gasteiger partial charge is 0.268 e. The van der Waals surface area contributed by atoms with Gasteiger partial charge in [0.2, 0.25) is 0 Å². The van der Waals surface area contributed by atoms with Crippen LogP contribution in [0.5, 0.6) is 0 Å². The van der Waals surface area contributed by atoms with Gasteiger partial charge in [-0.15, -0.1) is 0 Å². The molecular formula is C32H21Cl3N2O6S2. The quantitative estimate of drug-likeness (QED) is 0.154. The molecular weight excluding hydrogens is 679 g/mol. The molecule has 0 fully saturated rings. The normalized spacial score (nSPS) is 11.5. The van der Waals surface area contributed by atoms with Gasteiger partial charge in [-0.25, -0.2) is 16.8 Å². The Morgan fingerprint density at radius 2 is 0.844 bits per heavy atom. The van der Waals surface area contributed by atoms with Gasteiger partial charge in [-0.1, -0.05) is 108 Å². The lowest BCUT2D eigenvalue weighted by molar-refractivity contribution is 0.0996. The van der Waals surface area contributed by atoms with E-state index >= 15 is 0 Å². The molecule has 5 aromatic rings. The number of nitrogens with zero attached hydrogens (tertiary/aromatic N) is 2. The van der Waals surface area contributed by atoms with Crippen molar-refractivity contribution < 1.29 is 26.4 Å². The van der Waals surface area contributed by atoms with Crippen LogP contribution in [0, 0.1) is 0 Å². The van der Waals surface area contributed by atoms with Crippen LogP contribution in [0.4, 0.5) is 11.4 Å². The third kappa shape index (κ3) is 6.20. The van der Waals surface area contributed by atoms with Gasteiger partial charge in [0.1, 0.15) is 0 Å². The van der Waals surface area contributed by atoms with E-state index in [2.05, 4.69) is 0 Å². The molecule has 0 spiro atoms. The van der Waals surface area contributed by atoms with E-state index in [1.165, 1.54) is 72.8 Å². The Labute approximate surface area is 275 Å². The highest BCUT2D eigenvalue weighted by molar-refractivity contribution is 7.94. The Morgan fingerprint density at radius 3 is 1.27 bits per heavy atom. The highest BCUT2D eigenvalue weighted by Crippen LogP contribution is 2.47. The Morgan fingerprint density at radius 1 is 0.489 bits per heavy atom. The predicted molar refractivity (Wildman–Crippen MR) is 175 cm³/mol. The Balaban J connectivity index is 1.77. The molecule has 0 N–H and O–H groups in total. The zero-order valence-corrected chi connectivity index (χ0v) is 26.8. The largest absolute Gasteiger partial charge is 0.272 e. The van der Waals surface area contributed by atoms with Crippen LogP contribution in [0.15, 0.2) is 137 Å². The van der Waals surface area contributed by atoms with E-state index < -0.39 is 58.3 Å². The molecule has 0 radical (unpaired) electrons. The van der Waals surface area contributed by atoms with Gasteiger partial charge >= 0.3 is 0 Å². The first-order chi connectivity index (χ1) is 21.5. The topological polar surface area (TPSA) is 109 Å². The van der Waals surface area contributed by atoms with Gasteiger partial charge in [-0.3, -0.25) is 9.59 Å². The third-order valence-corrected chi connectivity index (χ3v) is 11.1. The van der Waals surface area contributed by atoms with Crippen LogP contribution in [0.3, 0.4) is 0 Å². The second kappa shape index (κ2) is 13.0. The van der Waals surface area contributed by atoms with Crippen molar-refractivity contribution in [3.63, 3.8) is 0 Å². The van der Waals surface area contributed by atoms with Crippen LogP contribution in [0.1, 0.15) is 20.7 Å². The van der Waals surface area contributed by atoms with Gasteiger partial charge in [0.25, 0.3) is 31.9 Å². The van der Waals surface area contributed by atoms with Crippen LogP contribution in [-0.4, -0.2) is 28.6 Å². The molecule has 2 amide bonds. The summed E-state index contributed by atoms with van der Waals surface area (Å²) in [6, 6.07) is 30.3. The standard InChI is InChI=1S/C32H21Cl3N2O6S2/c33-26-21-27(36(31(38)22-13-5-1-6-14-22)44(40,41)24-17-9-3-10-18-24)28(34)29(35)30(26)37(32(39)23-15-7-2-8-16-23)45(42,43)25-19-11-4-12-20-25/h1-21H. The van der Waals surface area contributed by atoms with Crippen LogP contribution in [0.25, 0.3) is 0 Å². The van der Waals surface area contributed by atoms with Crippen molar-refractivity contribution in [1.29, 1.82) is 0 Å². The monoisotopic (exact) mass is 698 g/mol. The number of hydrogen-bond acceptors (Lipinski definition) is 6. The fraction of sp³-hybridized carbons (Fsp3) is 0. The van der Waals surface area contributed by atoms with E-state index in [-0.39, 0.29) is 20.9 Å². The zero-order chi connectivity index (χ0) is 32.4. The zero-order valence-electron chi connectivity index (χ0n) is 22.9. The molecule has 0 unspecified atom stereocenters. The summed E-state index contributed by atoms with van der Waals surface area (Å²) in [7, 11) is -9.31. The van der Waals surface area contributed by atoms with Gasteiger partial charge in [0.15, 0.2) is 0 Å². The molecule has 0 atom stereocenters. The van der Waals surface area contributed by atoms with Crippen LogP contribution < -0.4 is 8.61 Å². The molecule has 0 aliphatic carbocycles. The minimum absolute atomic E-state index is 0.00284. The van der Waals surface area contributed by atoms with Crippen molar-refractivity contribution in [2.24, 2.45) is 0 Å². The number of halogens is 3. The second-order valence-electron chi connectivity index (χ2n) is 9.36. The number of anilines is 2. The molecule has 13 heteroatoms. The van der Waals surface area contributed by atoms with E-state index in [9.17, 15) is 26.4 Å². The Kier molecular flexibility index (Phi) is 9.33. The molecule has 5 rings (SSSR count). The van der Waals surface area contributed by atoms with Gasteiger partial charge in [0.05, 0.1) is 36.2 Å². The predicted octanol–water partition coefficient (Wildman–Crippen LogP) is 7.72. The lowest BCUT2D eigenvalue weighted by atomic mass is 10.2. The van der Waals surface area contributed by atoms with Gasteiger partial charge < -0.3 is 0 Å². The average Bonchev–Trinajstić information content (AvgIpc) is 3.06. The molecule has 5 aromatic carbocycles. The van der Waals surface area contributed by atoms with E-state index in [1.54, 1.807) is 48.5 Å². The van der Waals surface area contributed by atoms with Gasteiger partial charge in [-0.05, 0) is 54.6 Å². The first-order valence-electron chi connectivity index (χ1n) is 13.0. The van der Waals surface area contributed by atoms with Crippen molar-refractivity contribution in [3.05, 3.63) is 154 Å². The van der Waals surface area contributed by atoms with Crippen molar-refractivity contribution >= 4 is 78.0 Å². The molecule has 0 aliphatic rings. The third-order valence-electron chi connectivity index (χ3n) is 6.51. The van der Waals surface area contributed by atoms with E-state index in [1.807, 2.05) is 0 Å². The van der Waals surface area contributed by atoms with Crippen molar-refractivity contribution in [2.45, 2.75) is 9.79 Å². The SMILES string of the molecule is O=C(c1ccccc1)N(c1cc(Cl)c(N(C(=O)c2ccccc2)S(=O)(=O)c2ccccc2)c(Cl)c1Cl)S(=O)(=O)c1ccccc1. The van der Waals surface area contributed by atoms with E-state index in [0.29, 0.717) is 8.61 Å². The lowest BCUT2D eigenvalue weighted by Gasteiger charge is -2.28. The molecule has 0 saturated carbocycles. The number of amides is 2. The van der Waals surface area contributed by atoms with Crippen molar-refractivity contribution in [3.8, 4) is 0 Å². The van der Waals surface area contributed by atoms with Crippen molar-refractivity contribution in [1.82, 2.24) is 0 Å². The van der Waals surface area contributed by atoms with Crippen LogP contribution in [0.2, 0.25) is 15.1 Å². The highest BCUT2D eigenvalue weighted by Gasteiger charge is 2.39. The fourth-order valence-corrected chi connectivity index (χ4v) is 8.27. The molecule has 228 valence electrons. The number of carbonyl (C=O) groups is 2. The number of carbonyl (C=O) groups excluding carboxylic acids is 2. The summed E-state index contributed by atoms with van der Waals surface area (Å²) in [6.07, 6.45) is 0. The maximum atomic E-state index is 14.0. The molecule has 0 heterocycles. The summed E-state index contributed by atoms with van der Waals surface area (Å²) < 4.78 is 56.8. The molecule has 0 saturated heterocycles. The average molecular weight is 700 g/mol. The number of sulfonamides is 2. The van der Waals surface area contributed by atoms with E-state index in [4.69, 9.17) is 34.8 Å². The highest BCUT2D eigenvalue weighted by atomic mass is 35.5. The molecule has 0 bridgehead atoms. The van der Waals surface area contributed by atoms with Crippen LogP contribution >= 0.6 is 34.8 Å². The van der Waals surface area contributed by atoms with Gasteiger partial charge in [-0.2, -0.15) is 8.61 Å². The molecule has 0 aromatic heterocycles. The maximum absolute atomic E-state index is 14.0. The Hall–Kier alpha value is -4.19. The first-order valence-corrected chi connectivity index (χ1v) is 17.0. The first kappa shape index (κ1) is 32.2. The molecule has 0 aliphatic heterocycles.